The van der Waals surface area contributed by atoms with Gasteiger partial charge in [-0.2, -0.15) is 0 Å². The van der Waals surface area contributed by atoms with Gasteiger partial charge in [-0.3, -0.25) is 37.3 Å². The van der Waals surface area contributed by atoms with Crippen LogP contribution >= 0.6 is 15.6 Å². The van der Waals surface area contributed by atoms with Crippen LogP contribution in [0.3, 0.4) is 0 Å². The number of phosphoric acid groups is 2. The smallest absolute Gasteiger partial charge is 0.462 e. The van der Waals surface area contributed by atoms with Gasteiger partial charge in [0.05, 0.1) is 26.4 Å². The molecule has 0 saturated carbocycles. The topological polar surface area (TPSA) is 237 Å². The van der Waals surface area contributed by atoms with Crippen LogP contribution in [0.1, 0.15) is 485 Å². The van der Waals surface area contributed by atoms with Gasteiger partial charge in [0.2, 0.25) is 0 Å². The number of aliphatic hydroxyl groups is 1. The van der Waals surface area contributed by atoms with E-state index in [9.17, 15) is 43.2 Å². The van der Waals surface area contributed by atoms with E-state index >= 15 is 0 Å². The summed E-state index contributed by atoms with van der Waals surface area (Å²) in [4.78, 5) is 73.4. The van der Waals surface area contributed by atoms with Crippen molar-refractivity contribution in [1.29, 1.82) is 0 Å². The van der Waals surface area contributed by atoms with E-state index in [-0.39, 0.29) is 25.7 Å². The van der Waals surface area contributed by atoms with E-state index in [1.165, 1.54) is 302 Å². The maximum Gasteiger partial charge on any atom is 0.472 e. The lowest BCUT2D eigenvalue weighted by Crippen LogP contribution is -2.30. The van der Waals surface area contributed by atoms with Gasteiger partial charge in [-0.15, -0.1) is 0 Å². The Kier molecular flexibility index (Phi) is 79.8. The molecule has 0 heterocycles. The van der Waals surface area contributed by atoms with E-state index in [1.54, 1.807) is 0 Å². The quantitative estimate of drug-likeness (QED) is 0.0222. The SMILES string of the molecule is CCCCCCCCCCCCCCCCCCCCC(=O)O[C@H](COC(=O)CCCCCCCCCCCCCCC)COP(=O)(O)OC[C@H](O)COP(=O)(O)OC[C@@H](COC(=O)CCCCCCCCCCCCCCCCCCC(C)C)OC(=O)CCCCCCCCCCCCCCCCCCC(C)C. The Labute approximate surface area is 670 Å². The van der Waals surface area contributed by atoms with E-state index in [4.69, 9.17) is 37.0 Å². The number of carbonyl (C=O) groups excluding carboxylic acids is 4. The Bertz CT molecular complexity index is 2080. The van der Waals surface area contributed by atoms with Crippen molar-refractivity contribution in [2.75, 3.05) is 39.6 Å². The molecule has 0 aliphatic rings. The molecule has 0 saturated heterocycles. The average Bonchev–Trinajstić information content (AvgIpc) is 0.898. The Balaban J connectivity index is 5.26. The molecule has 0 amide bonds. The Hall–Kier alpha value is -1.94. The monoisotopic (exact) mass is 1590 g/mol. The summed E-state index contributed by atoms with van der Waals surface area (Å²) < 4.78 is 69.1. The second-order valence-electron chi connectivity index (χ2n) is 33.3. The van der Waals surface area contributed by atoms with Gasteiger partial charge in [0.25, 0.3) is 0 Å². The van der Waals surface area contributed by atoms with Crippen LogP contribution in [0, 0.1) is 11.8 Å². The van der Waals surface area contributed by atoms with Crippen LogP contribution in [0.4, 0.5) is 0 Å². The molecular weight excluding hydrogens is 1410 g/mol. The van der Waals surface area contributed by atoms with Gasteiger partial charge in [0, 0.05) is 25.7 Å². The van der Waals surface area contributed by atoms with Crippen molar-refractivity contribution < 1.29 is 80.2 Å². The molecule has 0 aromatic rings. The first kappa shape index (κ1) is 107. The number of phosphoric ester groups is 2. The zero-order valence-electron chi connectivity index (χ0n) is 71.9. The van der Waals surface area contributed by atoms with Gasteiger partial charge in [0.1, 0.15) is 19.3 Å². The van der Waals surface area contributed by atoms with Crippen LogP contribution in [-0.2, 0) is 65.4 Å². The summed E-state index contributed by atoms with van der Waals surface area (Å²) in [5, 5.41) is 10.7. The fourth-order valence-electron chi connectivity index (χ4n) is 14.1. The molecule has 0 aliphatic carbocycles. The van der Waals surface area contributed by atoms with Crippen LogP contribution in [0.5, 0.6) is 0 Å². The summed E-state index contributed by atoms with van der Waals surface area (Å²) in [6, 6.07) is 0. The van der Waals surface area contributed by atoms with Crippen molar-refractivity contribution >= 4 is 39.5 Å². The van der Waals surface area contributed by atoms with Crippen molar-refractivity contribution in [2.24, 2.45) is 11.8 Å². The van der Waals surface area contributed by atoms with Crippen molar-refractivity contribution in [3.63, 3.8) is 0 Å². The number of rotatable bonds is 89. The first-order valence-corrected chi connectivity index (χ1v) is 49.5. The number of esters is 4. The van der Waals surface area contributed by atoms with Gasteiger partial charge in [-0.05, 0) is 37.5 Å². The van der Waals surface area contributed by atoms with E-state index in [0.29, 0.717) is 25.7 Å². The average molecular weight is 1590 g/mol. The van der Waals surface area contributed by atoms with Crippen LogP contribution in [0.2, 0.25) is 0 Å². The lowest BCUT2D eigenvalue weighted by atomic mass is 10.0. The van der Waals surface area contributed by atoms with E-state index < -0.39 is 97.5 Å². The second-order valence-corrected chi connectivity index (χ2v) is 36.2. The standard InChI is InChI=1S/C90H176O17P2/c1-7-9-11-13-15-17-19-21-22-23-24-32-38-44-50-56-62-68-74-89(94)106-85(78-100-87(92)72-66-60-54-48-42-34-20-18-16-14-12-10-8-2)80-104-108(96,97)102-76-84(91)77-103-109(98,99)105-81-86(107-90(95)75-69-63-57-51-45-39-33-28-26-30-36-41-47-53-59-65-71-83(5)6)79-101-88(93)73-67-61-55-49-43-37-31-27-25-29-35-40-46-52-58-64-70-82(3)4/h82-86,91H,7-81H2,1-6H3,(H,96,97)(H,98,99)/t84-,85+,86+/m0/s1. The number of aliphatic hydroxyl groups excluding tert-OH is 1. The summed E-state index contributed by atoms with van der Waals surface area (Å²) in [7, 11) is -9.94. The number of ether oxygens (including phenoxy) is 4. The third-order valence-corrected chi connectivity index (χ3v) is 23.1. The number of hydrogen-bond donors (Lipinski definition) is 3. The summed E-state index contributed by atoms with van der Waals surface area (Å²) >= 11 is 0. The molecule has 17 nitrogen and oxygen atoms in total. The van der Waals surface area contributed by atoms with Crippen LogP contribution in [0.25, 0.3) is 0 Å². The van der Waals surface area contributed by atoms with Gasteiger partial charge in [0.15, 0.2) is 12.2 Å². The lowest BCUT2D eigenvalue weighted by Gasteiger charge is -2.21. The highest BCUT2D eigenvalue weighted by atomic mass is 31.2. The highest BCUT2D eigenvalue weighted by Crippen LogP contribution is 2.45. The van der Waals surface area contributed by atoms with Crippen molar-refractivity contribution in [3.05, 3.63) is 0 Å². The minimum atomic E-state index is -4.97. The van der Waals surface area contributed by atoms with E-state index in [1.807, 2.05) is 0 Å². The van der Waals surface area contributed by atoms with Crippen molar-refractivity contribution in [3.8, 4) is 0 Å². The fraction of sp³-hybridized carbons (Fsp3) is 0.956. The number of carbonyl (C=O) groups is 4. The molecule has 19 heteroatoms. The molecule has 109 heavy (non-hydrogen) atoms. The summed E-state index contributed by atoms with van der Waals surface area (Å²) in [5.41, 5.74) is 0. The first-order valence-electron chi connectivity index (χ1n) is 46.5. The van der Waals surface area contributed by atoms with Crippen molar-refractivity contribution in [1.82, 2.24) is 0 Å². The van der Waals surface area contributed by atoms with Gasteiger partial charge in [-0.25, -0.2) is 9.13 Å². The second kappa shape index (κ2) is 81.2. The molecular formula is C90H176O17P2. The zero-order chi connectivity index (χ0) is 79.9. The highest BCUT2D eigenvalue weighted by Gasteiger charge is 2.31. The molecule has 0 aliphatic heterocycles. The summed E-state index contributed by atoms with van der Waals surface area (Å²) in [6.45, 7) is 9.77. The fourth-order valence-corrected chi connectivity index (χ4v) is 15.7. The number of unbranched alkanes of at least 4 members (excludes halogenated alkanes) is 59. The van der Waals surface area contributed by atoms with Gasteiger partial charge < -0.3 is 33.8 Å². The van der Waals surface area contributed by atoms with Gasteiger partial charge >= 0.3 is 39.5 Å². The molecule has 0 radical (unpaired) electrons. The molecule has 0 bridgehead atoms. The van der Waals surface area contributed by atoms with Crippen molar-refractivity contribution in [2.45, 2.75) is 503 Å². The molecule has 0 spiro atoms. The normalized spacial score (nSPS) is 13.8. The molecule has 5 atom stereocenters. The lowest BCUT2D eigenvalue weighted by molar-refractivity contribution is -0.161. The molecule has 648 valence electrons. The third-order valence-electron chi connectivity index (χ3n) is 21.2. The van der Waals surface area contributed by atoms with Crippen LogP contribution in [-0.4, -0.2) is 96.7 Å². The van der Waals surface area contributed by atoms with Gasteiger partial charge in [-0.1, -0.05) is 433 Å². The first-order chi connectivity index (χ1) is 52.9. The number of hydrogen-bond acceptors (Lipinski definition) is 15. The van der Waals surface area contributed by atoms with E-state index in [0.717, 1.165) is 102 Å². The molecule has 0 aromatic carbocycles. The third kappa shape index (κ3) is 83.8. The minimum absolute atomic E-state index is 0.109. The predicted molar refractivity (Wildman–Crippen MR) is 451 cm³/mol. The largest absolute Gasteiger partial charge is 0.472 e. The maximum absolute atomic E-state index is 13.2. The predicted octanol–water partition coefficient (Wildman–Crippen LogP) is 27.8. The summed E-state index contributed by atoms with van der Waals surface area (Å²) in [6.07, 6.45) is 74.9. The molecule has 0 fully saturated rings. The Morgan fingerprint density at radius 3 is 0.624 bits per heavy atom. The van der Waals surface area contributed by atoms with E-state index in [2.05, 4.69) is 41.5 Å². The highest BCUT2D eigenvalue weighted by molar-refractivity contribution is 7.47. The molecule has 0 aromatic heterocycles. The molecule has 0 rings (SSSR count). The zero-order valence-corrected chi connectivity index (χ0v) is 73.7. The summed E-state index contributed by atoms with van der Waals surface area (Å²) in [5.74, 6) is -0.472. The van der Waals surface area contributed by atoms with Crippen LogP contribution < -0.4 is 0 Å². The van der Waals surface area contributed by atoms with Crippen LogP contribution in [0.15, 0.2) is 0 Å². The molecule has 3 N–H and O–H groups in total. The Morgan fingerprint density at radius 1 is 0.248 bits per heavy atom. The Morgan fingerprint density at radius 2 is 0.422 bits per heavy atom. The maximum atomic E-state index is 13.2. The molecule has 2 unspecified atom stereocenters. The minimum Gasteiger partial charge on any atom is -0.462 e.